The molecule has 1 aromatic heterocycles. The van der Waals surface area contributed by atoms with Gasteiger partial charge >= 0.3 is 0 Å². The van der Waals surface area contributed by atoms with Gasteiger partial charge in [-0.15, -0.1) is 0 Å². The molecule has 1 N–H and O–H groups in total. The van der Waals surface area contributed by atoms with Crippen molar-refractivity contribution in [1.29, 1.82) is 0 Å². The summed E-state index contributed by atoms with van der Waals surface area (Å²) in [5.74, 6) is -0.442. The predicted molar refractivity (Wildman–Crippen MR) is 121 cm³/mol. The van der Waals surface area contributed by atoms with E-state index < -0.39 is 5.82 Å². The van der Waals surface area contributed by atoms with E-state index in [4.69, 9.17) is 16.6 Å². The zero-order valence-corrected chi connectivity index (χ0v) is 19.0. The van der Waals surface area contributed by atoms with Gasteiger partial charge in [-0.1, -0.05) is 25.4 Å². The van der Waals surface area contributed by atoms with Crippen LogP contribution in [0.2, 0.25) is 5.02 Å². The van der Waals surface area contributed by atoms with Gasteiger partial charge in [-0.25, -0.2) is 9.37 Å². The number of piperidine rings is 1. The molecule has 0 saturated carbocycles. The second kappa shape index (κ2) is 7.44. The van der Waals surface area contributed by atoms with Gasteiger partial charge in [0.05, 0.1) is 21.8 Å². The Kier molecular flexibility index (Phi) is 4.93. The van der Waals surface area contributed by atoms with Crippen LogP contribution in [-0.2, 0) is 10.2 Å². The van der Waals surface area contributed by atoms with Gasteiger partial charge in [0.25, 0.3) is 5.91 Å². The normalized spacial score (nSPS) is 21.1. The molecule has 0 bridgehead atoms. The molecule has 4 heterocycles. The number of carbonyl (C=O) groups is 2. The SMILES string of the molecule is CC1(C)CN(c2ccc(Cl)c(F)c2)c2ccc(C(=O)N3CCC4(CCNC4=O)CC3)nc21. The molecule has 5 rings (SSSR count). The van der Waals surface area contributed by atoms with Crippen molar-refractivity contribution in [2.75, 3.05) is 31.1 Å². The van der Waals surface area contributed by atoms with Gasteiger partial charge in [-0.2, -0.15) is 0 Å². The number of aromatic nitrogens is 1. The molecule has 3 aliphatic rings. The van der Waals surface area contributed by atoms with Crippen LogP contribution >= 0.6 is 11.6 Å². The number of amides is 2. The van der Waals surface area contributed by atoms with Crippen molar-refractivity contribution in [3.63, 3.8) is 0 Å². The van der Waals surface area contributed by atoms with E-state index in [0.29, 0.717) is 43.9 Å². The Morgan fingerprint density at radius 1 is 1.16 bits per heavy atom. The fraction of sp³-hybridized carbons (Fsp3) is 0.458. The second-order valence-corrected chi connectivity index (χ2v) is 10.1. The van der Waals surface area contributed by atoms with Crippen LogP contribution in [0.5, 0.6) is 0 Å². The average Bonchev–Trinajstić information content (AvgIpc) is 3.26. The Labute approximate surface area is 191 Å². The second-order valence-electron chi connectivity index (χ2n) is 9.71. The largest absolute Gasteiger partial charge is 0.356 e. The summed E-state index contributed by atoms with van der Waals surface area (Å²) in [5, 5.41) is 3.01. The van der Waals surface area contributed by atoms with Crippen LogP contribution in [0.1, 0.15) is 49.3 Å². The maximum atomic E-state index is 14.1. The van der Waals surface area contributed by atoms with E-state index in [1.165, 1.54) is 6.07 Å². The van der Waals surface area contributed by atoms with E-state index in [1.54, 1.807) is 23.1 Å². The van der Waals surface area contributed by atoms with Crippen LogP contribution in [0.4, 0.5) is 15.8 Å². The lowest BCUT2D eigenvalue weighted by atomic mass is 9.77. The maximum absolute atomic E-state index is 14.1. The van der Waals surface area contributed by atoms with Crippen molar-refractivity contribution < 1.29 is 14.0 Å². The molecular formula is C24H26ClFN4O2. The third-order valence-electron chi connectivity index (χ3n) is 7.17. The molecule has 32 heavy (non-hydrogen) atoms. The number of likely N-dealkylation sites (tertiary alicyclic amines) is 1. The highest BCUT2D eigenvalue weighted by Gasteiger charge is 2.45. The first-order chi connectivity index (χ1) is 15.2. The van der Waals surface area contributed by atoms with Crippen molar-refractivity contribution in [1.82, 2.24) is 15.2 Å². The minimum Gasteiger partial charge on any atom is -0.356 e. The standard InChI is InChI=1S/C24H26ClFN4O2/c1-23(2)14-30(15-3-4-16(25)17(26)13-15)19-6-5-18(28-20(19)23)21(31)29-11-8-24(9-12-29)7-10-27-22(24)32/h3-6,13H,7-12,14H2,1-2H3,(H,27,32). The molecule has 8 heteroatoms. The minimum absolute atomic E-state index is 0.0879. The Bertz CT molecular complexity index is 1110. The molecule has 0 aliphatic carbocycles. The van der Waals surface area contributed by atoms with Gasteiger partial charge in [0.15, 0.2) is 0 Å². The molecule has 1 spiro atoms. The summed E-state index contributed by atoms with van der Waals surface area (Å²) in [6, 6.07) is 8.41. The Balaban J connectivity index is 1.39. The molecule has 0 radical (unpaired) electrons. The van der Waals surface area contributed by atoms with Crippen LogP contribution in [0, 0.1) is 11.2 Å². The number of carbonyl (C=O) groups excluding carboxylic acids is 2. The quantitative estimate of drug-likeness (QED) is 0.740. The molecule has 2 fully saturated rings. The van der Waals surface area contributed by atoms with Crippen molar-refractivity contribution in [3.05, 3.63) is 52.6 Å². The number of benzene rings is 1. The highest BCUT2D eigenvalue weighted by atomic mass is 35.5. The Hall–Kier alpha value is -2.67. The molecule has 2 saturated heterocycles. The van der Waals surface area contributed by atoms with E-state index in [-0.39, 0.29) is 27.7 Å². The smallest absolute Gasteiger partial charge is 0.272 e. The summed E-state index contributed by atoms with van der Waals surface area (Å²) in [6.45, 7) is 6.61. The lowest BCUT2D eigenvalue weighted by Crippen LogP contribution is -2.46. The lowest BCUT2D eigenvalue weighted by molar-refractivity contribution is -0.129. The molecule has 1 aromatic carbocycles. The molecular weight excluding hydrogens is 431 g/mol. The summed E-state index contributed by atoms with van der Waals surface area (Å²) in [6.07, 6.45) is 2.23. The highest BCUT2D eigenvalue weighted by molar-refractivity contribution is 6.30. The number of pyridine rings is 1. The average molecular weight is 457 g/mol. The van der Waals surface area contributed by atoms with Gasteiger partial charge in [0.1, 0.15) is 11.5 Å². The highest BCUT2D eigenvalue weighted by Crippen LogP contribution is 2.44. The minimum atomic E-state index is -0.464. The molecule has 3 aliphatic heterocycles. The summed E-state index contributed by atoms with van der Waals surface area (Å²) in [7, 11) is 0. The van der Waals surface area contributed by atoms with Crippen molar-refractivity contribution >= 4 is 34.8 Å². The zero-order chi connectivity index (χ0) is 22.7. The first-order valence-electron chi connectivity index (χ1n) is 11.0. The van der Waals surface area contributed by atoms with Crippen molar-refractivity contribution in [3.8, 4) is 0 Å². The van der Waals surface area contributed by atoms with Crippen molar-refractivity contribution in [2.24, 2.45) is 5.41 Å². The number of rotatable bonds is 2. The summed E-state index contributed by atoms with van der Waals surface area (Å²) in [4.78, 5) is 34.0. The van der Waals surface area contributed by atoms with Gasteiger partial charge in [0.2, 0.25) is 5.91 Å². The number of nitrogens with zero attached hydrogens (tertiary/aromatic N) is 3. The number of anilines is 2. The molecule has 2 aromatic rings. The van der Waals surface area contributed by atoms with E-state index >= 15 is 0 Å². The molecule has 168 valence electrons. The van der Waals surface area contributed by atoms with Crippen LogP contribution in [0.3, 0.4) is 0 Å². The molecule has 6 nitrogen and oxygen atoms in total. The molecule has 2 amide bonds. The summed E-state index contributed by atoms with van der Waals surface area (Å²) in [5.41, 5.74) is 2.19. The first kappa shape index (κ1) is 21.2. The summed E-state index contributed by atoms with van der Waals surface area (Å²) >= 11 is 5.85. The van der Waals surface area contributed by atoms with Crippen molar-refractivity contribution in [2.45, 2.75) is 38.5 Å². The number of fused-ring (bicyclic) bond motifs is 1. The predicted octanol–water partition coefficient (Wildman–Crippen LogP) is 4.05. The number of hydrogen-bond donors (Lipinski definition) is 1. The topological polar surface area (TPSA) is 65.5 Å². The van der Waals surface area contributed by atoms with Crippen LogP contribution in [0.15, 0.2) is 30.3 Å². The Morgan fingerprint density at radius 2 is 1.91 bits per heavy atom. The summed E-state index contributed by atoms with van der Waals surface area (Å²) < 4.78 is 14.1. The molecule has 0 unspecified atom stereocenters. The first-order valence-corrected chi connectivity index (χ1v) is 11.4. The van der Waals surface area contributed by atoms with Gasteiger partial charge in [0, 0.05) is 37.3 Å². The van der Waals surface area contributed by atoms with Crippen LogP contribution in [0.25, 0.3) is 0 Å². The fourth-order valence-corrected chi connectivity index (χ4v) is 5.34. The fourth-order valence-electron chi connectivity index (χ4n) is 5.22. The van der Waals surface area contributed by atoms with Gasteiger partial charge in [-0.05, 0) is 49.6 Å². The number of hydrogen-bond acceptors (Lipinski definition) is 4. The van der Waals surface area contributed by atoms with E-state index in [2.05, 4.69) is 19.2 Å². The van der Waals surface area contributed by atoms with Crippen LogP contribution in [-0.4, -0.2) is 47.9 Å². The lowest BCUT2D eigenvalue weighted by Gasteiger charge is -2.37. The third kappa shape index (κ3) is 3.34. The van der Waals surface area contributed by atoms with Gasteiger partial charge < -0.3 is 15.1 Å². The van der Waals surface area contributed by atoms with E-state index in [9.17, 15) is 14.0 Å². The Morgan fingerprint density at radius 3 is 2.56 bits per heavy atom. The zero-order valence-electron chi connectivity index (χ0n) is 18.3. The van der Waals surface area contributed by atoms with E-state index in [0.717, 1.165) is 24.3 Å². The monoisotopic (exact) mass is 456 g/mol. The maximum Gasteiger partial charge on any atom is 0.272 e. The van der Waals surface area contributed by atoms with Gasteiger partial charge in [-0.3, -0.25) is 9.59 Å². The third-order valence-corrected chi connectivity index (χ3v) is 7.48. The molecule has 0 atom stereocenters. The number of nitrogens with one attached hydrogen (secondary N) is 1. The van der Waals surface area contributed by atoms with Crippen LogP contribution < -0.4 is 10.2 Å². The number of halogens is 2. The van der Waals surface area contributed by atoms with E-state index in [1.807, 2.05) is 11.0 Å².